The van der Waals surface area contributed by atoms with Crippen molar-refractivity contribution in [2.45, 2.75) is 31.2 Å². The molecule has 3 aromatic rings. The molecule has 1 saturated heterocycles. The molecule has 0 amide bonds. The Balaban J connectivity index is 1.49. The Bertz CT molecular complexity index is 1170. The van der Waals surface area contributed by atoms with Crippen molar-refractivity contribution in [1.82, 2.24) is 19.9 Å². The summed E-state index contributed by atoms with van der Waals surface area (Å²) in [4.78, 5) is 21.1. The third kappa shape index (κ3) is 4.61. The summed E-state index contributed by atoms with van der Waals surface area (Å²) in [6, 6.07) is 1.02. The molecule has 0 saturated carbocycles. The van der Waals surface area contributed by atoms with Gasteiger partial charge in [0, 0.05) is 50.5 Å². The number of carbonyl (C=O) groups is 1. The van der Waals surface area contributed by atoms with Crippen LogP contribution in [0.4, 0.5) is 24.7 Å². The number of nitrogens with one attached hydrogen (secondary N) is 1. The number of aliphatic hydroxyl groups excluding tert-OH is 1. The van der Waals surface area contributed by atoms with Gasteiger partial charge in [-0.3, -0.25) is 0 Å². The highest BCUT2D eigenvalue weighted by Crippen LogP contribution is 2.43. The third-order valence-electron chi connectivity index (χ3n) is 5.76. The first-order chi connectivity index (χ1) is 15.6. The number of hydrogen-bond donors (Lipinski definition) is 4. The Labute approximate surface area is 190 Å². The van der Waals surface area contributed by atoms with Gasteiger partial charge in [0.1, 0.15) is 27.5 Å². The lowest BCUT2D eigenvalue weighted by Gasteiger charge is -2.34. The first-order valence-corrected chi connectivity index (χ1v) is 11.0. The number of carboxylic acids is 1. The number of imidazole rings is 1. The maximum absolute atomic E-state index is 13.8. The summed E-state index contributed by atoms with van der Waals surface area (Å²) in [7, 11) is 1.80. The van der Waals surface area contributed by atoms with Crippen LogP contribution in [0.2, 0.25) is 0 Å². The summed E-state index contributed by atoms with van der Waals surface area (Å²) < 4.78 is 43.0. The number of rotatable bonds is 6. The average Bonchev–Trinajstić information content (AvgIpc) is 3.34. The molecule has 0 aromatic carbocycles. The number of aliphatic hydroxyl groups is 1. The normalized spacial score (nSPS) is 16.5. The van der Waals surface area contributed by atoms with Crippen molar-refractivity contribution in [1.29, 1.82) is 0 Å². The first-order valence-electron chi connectivity index (χ1n) is 10.2. The molecule has 1 unspecified atom stereocenters. The fraction of sp³-hybridized carbons (Fsp3) is 0.450. The van der Waals surface area contributed by atoms with Crippen LogP contribution in [0, 0.1) is 0 Å². The molecule has 4 rings (SSSR count). The van der Waals surface area contributed by atoms with Gasteiger partial charge in [-0.2, -0.15) is 13.2 Å². The Morgan fingerprint density at radius 1 is 1.39 bits per heavy atom. The zero-order chi connectivity index (χ0) is 23.9. The van der Waals surface area contributed by atoms with Gasteiger partial charge in [0.05, 0.1) is 11.3 Å². The predicted octanol–water partition coefficient (Wildman–Crippen LogP) is 2.62. The van der Waals surface area contributed by atoms with Gasteiger partial charge in [-0.25, -0.2) is 14.8 Å². The number of thiophene rings is 1. The second kappa shape index (κ2) is 8.80. The number of anilines is 2. The van der Waals surface area contributed by atoms with E-state index >= 15 is 0 Å². The lowest BCUT2D eigenvalue weighted by atomic mass is 10.0. The zero-order valence-electron chi connectivity index (χ0n) is 17.6. The van der Waals surface area contributed by atoms with Crippen LogP contribution in [0.5, 0.6) is 0 Å². The van der Waals surface area contributed by atoms with Gasteiger partial charge in [0.25, 0.3) is 0 Å². The maximum Gasteiger partial charge on any atom is 0.417 e. The number of aryl methyl sites for hydroxylation is 1. The smallest absolute Gasteiger partial charge is 0.417 e. The molecule has 0 aliphatic carbocycles. The number of halogens is 3. The van der Waals surface area contributed by atoms with Crippen LogP contribution in [0.3, 0.4) is 0 Å². The van der Waals surface area contributed by atoms with Crippen molar-refractivity contribution in [3.63, 3.8) is 0 Å². The number of alkyl halides is 3. The maximum atomic E-state index is 13.8. The molecule has 0 bridgehead atoms. The van der Waals surface area contributed by atoms with Crippen LogP contribution in [0.1, 0.15) is 40.0 Å². The topological polar surface area (TPSA) is 130 Å². The monoisotopic (exact) mass is 484 g/mol. The highest BCUT2D eigenvalue weighted by molar-refractivity contribution is 7.21. The second-order valence-corrected chi connectivity index (χ2v) is 8.94. The van der Waals surface area contributed by atoms with Crippen molar-refractivity contribution in [3.05, 3.63) is 34.7 Å². The fourth-order valence-corrected chi connectivity index (χ4v) is 4.99. The van der Waals surface area contributed by atoms with Gasteiger partial charge < -0.3 is 30.7 Å². The minimum Gasteiger partial charge on any atom is -0.477 e. The SMILES string of the molecule is Cn1ccnc1C(O)CNC1CCN(c2cc(C(F)(F)F)c3c(N)c(C(=O)O)sc3n2)CC1. The van der Waals surface area contributed by atoms with Gasteiger partial charge in [-0.15, -0.1) is 11.3 Å². The van der Waals surface area contributed by atoms with Gasteiger partial charge >= 0.3 is 12.1 Å². The molecule has 178 valence electrons. The van der Waals surface area contributed by atoms with Crippen molar-refractivity contribution in [2.75, 3.05) is 30.3 Å². The summed E-state index contributed by atoms with van der Waals surface area (Å²) in [5.74, 6) is -0.697. The molecule has 13 heteroatoms. The van der Waals surface area contributed by atoms with E-state index in [0.717, 1.165) is 6.07 Å². The van der Waals surface area contributed by atoms with E-state index in [0.29, 0.717) is 49.6 Å². The number of aromatic nitrogens is 3. The number of nitrogens with zero attached hydrogens (tertiary/aromatic N) is 4. The number of pyridine rings is 1. The molecule has 3 aromatic heterocycles. The minimum absolute atomic E-state index is 0.0480. The lowest BCUT2D eigenvalue weighted by molar-refractivity contribution is -0.136. The molecule has 5 N–H and O–H groups in total. The summed E-state index contributed by atoms with van der Waals surface area (Å²) in [5, 5.41) is 22.5. The van der Waals surface area contributed by atoms with E-state index in [9.17, 15) is 28.2 Å². The summed E-state index contributed by atoms with van der Waals surface area (Å²) in [6.07, 6.45) is -0.841. The van der Waals surface area contributed by atoms with E-state index in [2.05, 4.69) is 15.3 Å². The van der Waals surface area contributed by atoms with Crippen molar-refractivity contribution in [3.8, 4) is 0 Å². The Morgan fingerprint density at radius 2 is 2.09 bits per heavy atom. The predicted molar refractivity (Wildman–Crippen MR) is 117 cm³/mol. The van der Waals surface area contributed by atoms with Crippen molar-refractivity contribution in [2.24, 2.45) is 7.05 Å². The van der Waals surface area contributed by atoms with Gasteiger partial charge in [0.2, 0.25) is 0 Å². The standard InChI is InChI=1S/C20H23F3N6O3S/c1-28-7-4-25-17(28)12(30)9-26-10-2-5-29(6-3-10)13-8-11(20(21,22)23)14-15(24)16(19(31)32)33-18(14)27-13/h4,7-8,10,12,26,30H,2-3,5-6,9,24H2,1H3,(H,31,32). The largest absolute Gasteiger partial charge is 0.477 e. The molecule has 9 nitrogen and oxygen atoms in total. The van der Waals surface area contributed by atoms with Gasteiger partial charge in [-0.05, 0) is 18.9 Å². The molecule has 1 fully saturated rings. The van der Waals surface area contributed by atoms with Crippen LogP contribution >= 0.6 is 11.3 Å². The summed E-state index contributed by atoms with van der Waals surface area (Å²) >= 11 is 0.642. The molecule has 4 heterocycles. The lowest BCUT2D eigenvalue weighted by Crippen LogP contribution is -2.44. The van der Waals surface area contributed by atoms with Gasteiger partial charge in [0.15, 0.2) is 0 Å². The van der Waals surface area contributed by atoms with E-state index in [1.807, 2.05) is 0 Å². The van der Waals surface area contributed by atoms with E-state index in [-0.39, 0.29) is 27.0 Å². The molecule has 0 spiro atoms. The highest BCUT2D eigenvalue weighted by atomic mass is 32.1. The second-order valence-electron chi connectivity index (χ2n) is 7.94. The Hall–Kier alpha value is -2.90. The third-order valence-corrected chi connectivity index (χ3v) is 6.85. The first kappa shape index (κ1) is 23.3. The number of fused-ring (bicyclic) bond motifs is 1. The number of aromatic carboxylic acids is 1. The quantitative estimate of drug-likeness (QED) is 0.420. The molecular weight excluding hydrogens is 461 g/mol. The van der Waals surface area contributed by atoms with Crippen LogP contribution in [-0.2, 0) is 13.2 Å². The van der Waals surface area contributed by atoms with Crippen molar-refractivity contribution < 1.29 is 28.2 Å². The molecule has 1 atom stereocenters. The molecule has 33 heavy (non-hydrogen) atoms. The number of nitrogen functional groups attached to an aromatic ring is 1. The van der Waals surface area contributed by atoms with Gasteiger partial charge in [-0.1, -0.05) is 0 Å². The van der Waals surface area contributed by atoms with Crippen LogP contribution in [0.15, 0.2) is 18.5 Å². The van der Waals surface area contributed by atoms with Crippen molar-refractivity contribution >= 4 is 39.0 Å². The Kier molecular flexibility index (Phi) is 6.20. The Morgan fingerprint density at radius 3 is 2.67 bits per heavy atom. The number of nitrogens with two attached hydrogens (primary N) is 1. The number of piperidine rings is 1. The number of carboxylic acid groups (broad SMARTS) is 1. The highest BCUT2D eigenvalue weighted by Gasteiger charge is 2.37. The van der Waals surface area contributed by atoms with E-state index in [1.165, 1.54) is 0 Å². The molecule has 0 radical (unpaired) electrons. The minimum atomic E-state index is -4.71. The van der Waals surface area contributed by atoms with Crippen LogP contribution < -0.4 is 16.0 Å². The zero-order valence-corrected chi connectivity index (χ0v) is 18.4. The average molecular weight is 485 g/mol. The molecular formula is C20H23F3N6O3S. The number of hydrogen-bond acceptors (Lipinski definition) is 8. The summed E-state index contributed by atoms with van der Waals surface area (Å²) in [5.41, 5.74) is 4.33. The molecule has 1 aliphatic heterocycles. The fourth-order valence-electron chi connectivity index (χ4n) is 4.03. The van der Waals surface area contributed by atoms with Crippen LogP contribution in [0.25, 0.3) is 10.2 Å². The van der Waals surface area contributed by atoms with E-state index < -0.39 is 29.5 Å². The summed E-state index contributed by atoms with van der Waals surface area (Å²) in [6.45, 7) is 1.22. The van der Waals surface area contributed by atoms with E-state index in [4.69, 9.17) is 5.73 Å². The molecule has 1 aliphatic rings. The van der Waals surface area contributed by atoms with E-state index in [1.54, 1.807) is 28.9 Å². The van der Waals surface area contributed by atoms with Crippen LogP contribution in [-0.4, -0.2) is 56.4 Å².